The van der Waals surface area contributed by atoms with Crippen LogP contribution in [0.1, 0.15) is 11.7 Å². The van der Waals surface area contributed by atoms with Crippen molar-refractivity contribution in [3.05, 3.63) is 36.5 Å². The second-order valence-corrected chi connectivity index (χ2v) is 7.68. The quantitative estimate of drug-likeness (QED) is 0.649. The molecule has 0 unspecified atom stereocenters. The lowest BCUT2D eigenvalue weighted by atomic mass is 10.1. The van der Waals surface area contributed by atoms with Crippen LogP contribution in [0.3, 0.4) is 0 Å². The first-order valence-electron chi connectivity index (χ1n) is 9.78. The lowest BCUT2D eigenvalue weighted by molar-refractivity contribution is -0.00461. The van der Waals surface area contributed by atoms with Crippen molar-refractivity contribution in [2.45, 2.75) is 25.2 Å². The number of aryl methyl sites for hydroxylation is 1. The number of benzene rings is 1. The van der Waals surface area contributed by atoms with Gasteiger partial charge in [-0.3, -0.25) is 4.98 Å². The number of rotatable bonds is 2. The molecule has 3 aliphatic rings. The highest BCUT2D eigenvalue weighted by Crippen LogP contribution is 2.40. The molecule has 0 radical (unpaired) electrons. The van der Waals surface area contributed by atoms with Crippen LogP contribution in [0.5, 0.6) is 11.5 Å². The predicted octanol–water partition coefficient (Wildman–Crippen LogP) is 1.71. The topological polar surface area (TPSA) is 83.8 Å². The van der Waals surface area contributed by atoms with Crippen LogP contribution in [0, 0.1) is 6.92 Å². The fourth-order valence-corrected chi connectivity index (χ4v) is 4.33. The van der Waals surface area contributed by atoms with E-state index in [1.54, 1.807) is 11.0 Å². The summed E-state index contributed by atoms with van der Waals surface area (Å²) in [5.74, 6) is 1.51. The summed E-state index contributed by atoms with van der Waals surface area (Å²) >= 11 is 0. The van der Waals surface area contributed by atoms with E-state index < -0.39 is 0 Å². The molecule has 1 aromatic carbocycles. The molecule has 3 aromatic rings. The first kappa shape index (κ1) is 17.0. The van der Waals surface area contributed by atoms with Gasteiger partial charge in [-0.15, -0.1) is 0 Å². The van der Waals surface area contributed by atoms with Gasteiger partial charge in [-0.05, 0) is 19.1 Å². The van der Waals surface area contributed by atoms with Crippen LogP contribution in [0.4, 0.5) is 5.69 Å². The summed E-state index contributed by atoms with van der Waals surface area (Å²) in [7, 11) is 0. The van der Waals surface area contributed by atoms with E-state index >= 15 is 0 Å². The predicted molar refractivity (Wildman–Crippen MR) is 103 cm³/mol. The average molecular weight is 395 g/mol. The minimum atomic E-state index is 0.0149. The molecule has 2 atom stereocenters. The number of pyridine rings is 1. The van der Waals surface area contributed by atoms with E-state index in [9.17, 15) is 0 Å². The number of hydrogen-bond donors (Lipinski definition) is 0. The second kappa shape index (κ2) is 6.57. The van der Waals surface area contributed by atoms with E-state index in [4.69, 9.17) is 18.9 Å². The van der Waals surface area contributed by atoms with E-state index in [2.05, 4.69) is 26.0 Å². The maximum absolute atomic E-state index is 6.22. The zero-order valence-electron chi connectivity index (χ0n) is 16.0. The van der Waals surface area contributed by atoms with E-state index in [1.165, 1.54) is 6.33 Å². The number of hydrogen-bond acceptors (Lipinski definition) is 8. The highest BCUT2D eigenvalue weighted by molar-refractivity contribution is 5.94. The Morgan fingerprint density at radius 1 is 1.00 bits per heavy atom. The van der Waals surface area contributed by atoms with Crippen LogP contribution in [0.15, 0.2) is 30.9 Å². The molecule has 2 aromatic heterocycles. The van der Waals surface area contributed by atoms with Crippen molar-refractivity contribution in [3.63, 3.8) is 0 Å². The summed E-state index contributed by atoms with van der Waals surface area (Å²) in [5.41, 5.74) is 3.00. The fraction of sp³-hybridized carbons (Fsp3) is 0.450. The maximum Gasteiger partial charge on any atom is 0.231 e. The van der Waals surface area contributed by atoms with Gasteiger partial charge in [0.05, 0.1) is 18.7 Å². The standard InChI is InChI=1S/C20H21N5O4/c1-12-2-16(14-3-17-18(29-11-28-17)4-15(14)23-12)24-5-19-20(6-24)27-8-13(7-26-19)25-10-21-9-22-25/h2-4,9-10,13,19-20H,5-8,11H2,1H3/t19-,20-/m0/s1. The molecule has 0 saturated carbocycles. The third kappa shape index (κ3) is 2.89. The molecule has 0 N–H and O–H groups in total. The SMILES string of the molecule is Cc1cc(N2C[C@@H]3OCC(n4cncn4)CO[C@H]3C2)c2cc3c(cc2n1)OCO3. The summed E-state index contributed by atoms with van der Waals surface area (Å²) < 4.78 is 25.3. The van der Waals surface area contributed by atoms with Gasteiger partial charge in [-0.1, -0.05) is 0 Å². The van der Waals surface area contributed by atoms with Crippen molar-refractivity contribution in [2.75, 3.05) is 38.0 Å². The minimum Gasteiger partial charge on any atom is -0.454 e. The van der Waals surface area contributed by atoms with Gasteiger partial charge in [0.15, 0.2) is 11.5 Å². The maximum atomic E-state index is 6.22. The monoisotopic (exact) mass is 395 g/mol. The Bertz CT molecular complexity index is 1040. The zero-order chi connectivity index (χ0) is 19.4. The molecule has 2 saturated heterocycles. The first-order chi connectivity index (χ1) is 14.2. The van der Waals surface area contributed by atoms with Gasteiger partial charge in [0.2, 0.25) is 6.79 Å². The molecule has 0 aliphatic carbocycles. The number of anilines is 1. The molecule has 6 rings (SSSR count). The normalized spacial score (nSPS) is 24.1. The van der Waals surface area contributed by atoms with Gasteiger partial charge in [-0.2, -0.15) is 5.10 Å². The number of fused-ring (bicyclic) bond motifs is 3. The van der Waals surface area contributed by atoms with E-state index in [0.717, 1.165) is 46.9 Å². The molecular weight excluding hydrogens is 374 g/mol. The summed E-state index contributed by atoms with van der Waals surface area (Å²) in [6.45, 7) is 4.92. The Hall–Kier alpha value is -2.91. The molecule has 0 bridgehead atoms. The van der Waals surface area contributed by atoms with Crippen LogP contribution in [0.25, 0.3) is 10.9 Å². The second-order valence-electron chi connectivity index (χ2n) is 7.68. The molecular formula is C20H21N5O4. The first-order valence-corrected chi connectivity index (χ1v) is 9.78. The van der Waals surface area contributed by atoms with E-state index in [-0.39, 0.29) is 25.0 Å². The molecule has 9 nitrogen and oxygen atoms in total. The van der Waals surface area contributed by atoms with Crippen molar-refractivity contribution >= 4 is 16.6 Å². The van der Waals surface area contributed by atoms with Crippen LogP contribution < -0.4 is 14.4 Å². The summed E-state index contributed by atoms with van der Waals surface area (Å²) in [5, 5.41) is 5.27. The highest BCUT2D eigenvalue weighted by Gasteiger charge is 2.38. The van der Waals surface area contributed by atoms with Gasteiger partial charge in [0, 0.05) is 35.9 Å². The Balaban J connectivity index is 1.28. The van der Waals surface area contributed by atoms with Gasteiger partial charge in [0.1, 0.15) is 30.9 Å². The van der Waals surface area contributed by atoms with Crippen molar-refractivity contribution in [1.29, 1.82) is 0 Å². The number of ether oxygens (including phenoxy) is 4. The molecule has 3 aliphatic heterocycles. The number of nitrogens with zero attached hydrogens (tertiary/aromatic N) is 5. The van der Waals surface area contributed by atoms with E-state index in [1.807, 2.05) is 19.1 Å². The van der Waals surface area contributed by atoms with Crippen LogP contribution >= 0.6 is 0 Å². The van der Waals surface area contributed by atoms with Gasteiger partial charge in [0.25, 0.3) is 0 Å². The Kier molecular flexibility index (Phi) is 3.85. The Labute approximate surface area is 167 Å². The van der Waals surface area contributed by atoms with Crippen molar-refractivity contribution in [1.82, 2.24) is 19.7 Å². The lowest BCUT2D eigenvalue weighted by Gasteiger charge is -2.22. The van der Waals surface area contributed by atoms with Crippen molar-refractivity contribution < 1.29 is 18.9 Å². The van der Waals surface area contributed by atoms with Crippen molar-refractivity contribution in [3.8, 4) is 11.5 Å². The Morgan fingerprint density at radius 3 is 2.48 bits per heavy atom. The molecule has 0 spiro atoms. The molecule has 9 heteroatoms. The van der Waals surface area contributed by atoms with Crippen LogP contribution in [-0.4, -0.2) is 65.1 Å². The molecule has 0 amide bonds. The smallest absolute Gasteiger partial charge is 0.231 e. The van der Waals surface area contributed by atoms with Crippen LogP contribution in [0.2, 0.25) is 0 Å². The molecule has 29 heavy (non-hydrogen) atoms. The highest BCUT2D eigenvalue weighted by atomic mass is 16.7. The van der Waals surface area contributed by atoms with Crippen LogP contribution in [-0.2, 0) is 9.47 Å². The zero-order valence-corrected chi connectivity index (χ0v) is 16.0. The average Bonchev–Trinajstić information content (AvgIpc) is 3.45. The summed E-state index contributed by atoms with van der Waals surface area (Å²) in [4.78, 5) is 11.0. The number of aromatic nitrogens is 4. The third-order valence-corrected chi connectivity index (χ3v) is 5.78. The van der Waals surface area contributed by atoms with Gasteiger partial charge < -0.3 is 23.8 Å². The minimum absolute atomic E-state index is 0.0149. The summed E-state index contributed by atoms with van der Waals surface area (Å²) in [6.07, 6.45) is 3.28. The van der Waals surface area contributed by atoms with Gasteiger partial charge >= 0.3 is 0 Å². The van der Waals surface area contributed by atoms with Gasteiger partial charge in [-0.25, -0.2) is 9.67 Å². The summed E-state index contributed by atoms with van der Waals surface area (Å²) in [6, 6.07) is 6.16. The van der Waals surface area contributed by atoms with E-state index in [0.29, 0.717) is 13.2 Å². The fourth-order valence-electron chi connectivity index (χ4n) is 4.33. The molecule has 2 fully saturated rings. The molecule has 5 heterocycles. The lowest BCUT2D eigenvalue weighted by Crippen LogP contribution is -2.27. The van der Waals surface area contributed by atoms with Crippen molar-refractivity contribution in [2.24, 2.45) is 0 Å². The molecule has 150 valence electrons. The Morgan fingerprint density at radius 2 is 1.76 bits per heavy atom. The largest absolute Gasteiger partial charge is 0.454 e. The third-order valence-electron chi connectivity index (χ3n) is 5.78.